The highest BCUT2D eigenvalue weighted by molar-refractivity contribution is 7.16. The molecule has 0 aliphatic heterocycles. The van der Waals surface area contributed by atoms with E-state index in [0.717, 1.165) is 36.1 Å². The van der Waals surface area contributed by atoms with Crippen molar-refractivity contribution in [3.63, 3.8) is 0 Å². The number of ether oxygens (including phenoxy) is 2. The van der Waals surface area contributed by atoms with Crippen LogP contribution in [-0.4, -0.2) is 36.7 Å². The van der Waals surface area contributed by atoms with Gasteiger partial charge in [0.2, 0.25) is 0 Å². The number of aryl methyl sites for hydroxylation is 1. The Morgan fingerprint density at radius 1 is 1.21 bits per heavy atom. The van der Waals surface area contributed by atoms with Gasteiger partial charge in [-0.2, -0.15) is 5.26 Å². The fourth-order valence-corrected chi connectivity index (χ4v) is 3.99. The van der Waals surface area contributed by atoms with Crippen molar-refractivity contribution in [2.24, 2.45) is 0 Å². The van der Waals surface area contributed by atoms with Crippen molar-refractivity contribution in [2.75, 3.05) is 18.5 Å². The molecule has 0 bridgehead atoms. The lowest BCUT2D eigenvalue weighted by Gasteiger charge is -2.19. The Morgan fingerprint density at radius 3 is 2.61 bits per heavy atom. The number of nitrogens with one attached hydrogen (secondary N) is 2. The topological polar surface area (TPSA) is 118 Å². The van der Waals surface area contributed by atoms with Crippen LogP contribution in [0, 0.1) is 11.3 Å². The van der Waals surface area contributed by atoms with Gasteiger partial charge in [-0.25, -0.2) is 4.79 Å². The molecule has 0 radical (unpaired) electrons. The van der Waals surface area contributed by atoms with Crippen LogP contribution in [0.1, 0.15) is 56.0 Å². The van der Waals surface area contributed by atoms with Crippen LogP contribution in [0.25, 0.3) is 0 Å². The van der Waals surface area contributed by atoms with E-state index in [-0.39, 0.29) is 13.0 Å². The van der Waals surface area contributed by atoms with E-state index in [9.17, 15) is 19.6 Å². The smallest absolute Gasteiger partial charge is 0.407 e. The van der Waals surface area contributed by atoms with E-state index >= 15 is 0 Å². The number of hydrogen-bond donors (Lipinski definition) is 2. The van der Waals surface area contributed by atoms with Gasteiger partial charge < -0.3 is 20.1 Å². The maximum atomic E-state index is 12.1. The van der Waals surface area contributed by atoms with Crippen LogP contribution in [0.5, 0.6) is 0 Å². The average Bonchev–Trinajstić information content (AvgIpc) is 2.95. The van der Waals surface area contributed by atoms with Gasteiger partial charge in [-0.1, -0.05) is 0 Å². The van der Waals surface area contributed by atoms with Gasteiger partial charge in [-0.15, -0.1) is 11.3 Å². The number of hydrogen-bond acceptors (Lipinski definition) is 7. The first-order chi connectivity index (χ1) is 13.2. The molecule has 0 saturated carbocycles. The molecule has 1 aromatic rings. The van der Waals surface area contributed by atoms with Gasteiger partial charge in [0.25, 0.3) is 5.91 Å². The Hall–Kier alpha value is -2.60. The van der Waals surface area contributed by atoms with Crippen molar-refractivity contribution in [2.45, 2.75) is 58.5 Å². The third-order valence-corrected chi connectivity index (χ3v) is 5.10. The standard InChI is InChI=1S/C19H25N3O5S/c1-19(2,3)27-18(25)21-9-8-16(24)26-11-15(23)22-17-13(10-20)12-6-4-5-7-14(12)28-17/h4-9,11H2,1-3H3,(H,21,25)(H,22,23). The number of esters is 1. The van der Waals surface area contributed by atoms with Gasteiger partial charge in [-0.05, 0) is 52.0 Å². The monoisotopic (exact) mass is 407 g/mol. The third kappa shape index (κ3) is 6.53. The van der Waals surface area contributed by atoms with E-state index in [1.165, 1.54) is 11.3 Å². The third-order valence-electron chi connectivity index (χ3n) is 3.90. The predicted octanol–water partition coefficient (Wildman–Crippen LogP) is 2.90. The summed E-state index contributed by atoms with van der Waals surface area (Å²) >= 11 is 1.41. The highest BCUT2D eigenvalue weighted by atomic mass is 32.1. The zero-order valence-electron chi connectivity index (χ0n) is 16.3. The number of anilines is 1. The first kappa shape index (κ1) is 21.7. The molecule has 8 nitrogen and oxygen atoms in total. The molecule has 1 aliphatic carbocycles. The van der Waals surface area contributed by atoms with Gasteiger partial charge >= 0.3 is 12.1 Å². The minimum Gasteiger partial charge on any atom is -0.456 e. The van der Waals surface area contributed by atoms with Gasteiger partial charge in [-0.3, -0.25) is 9.59 Å². The molecule has 0 spiro atoms. The summed E-state index contributed by atoms with van der Waals surface area (Å²) in [5, 5.41) is 15.0. The van der Waals surface area contributed by atoms with E-state index in [4.69, 9.17) is 9.47 Å². The molecule has 0 aromatic carbocycles. The summed E-state index contributed by atoms with van der Waals surface area (Å²) in [6, 6.07) is 2.16. The summed E-state index contributed by atoms with van der Waals surface area (Å²) in [5.74, 6) is -1.11. The lowest BCUT2D eigenvalue weighted by atomic mass is 9.96. The minimum atomic E-state index is -0.622. The van der Waals surface area contributed by atoms with Crippen molar-refractivity contribution >= 4 is 34.3 Å². The number of alkyl carbamates (subject to hydrolysis) is 1. The van der Waals surface area contributed by atoms with Gasteiger partial charge in [0.15, 0.2) is 6.61 Å². The summed E-state index contributed by atoms with van der Waals surface area (Å²) in [5.41, 5.74) is 0.923. The number of carbonyl (C=O) groups excluding carboxylic acids is 3. The van der Waals surface area contributed by atoms with Crippen LogP contribution in [0.3, 0.4) is 0 Å². The zero-order chi connectivity index (χ0) is 20.7. The number of fused-ring (bicyclic) bond motifs is 1. The summed E-state index contributed by atoms with van der Waals surface area (Å²) in [6.45, 7) is 4.81. The van der Waals surface area contributed by atoms with E-state index in [1.54, 1.807) is 20.8 Å². The molecule has 1 aliphatic rings. The molecular formula is C19H25N3O5S. The van der Waals surface area contributed by atoms with Gasteiger partial charge in [0.1, 0.15) is 16.7 Å². The molecule has 0 unspecified atom stereocenters. The molecule has 2 N–H and O–H groups in total. The number of nitriles is 1. The number of rotatable bonds is 6. The summed E-state index contributed by atoms with van der Waals surface area (Å²) < 4.78 is 9.96. The van der Waals surface area contributed by atoms with Crippen LogP contribution in [0.2, 0.25) is 0 Å². The van der Waals surface area contributed by atoms with Gasteiger partial charge in [0, 0.05) is 11.4 Å². The highest BCUT2D eigenvalue weighted by Crippen LogP contribution is 2.37. The van der Waals surface area contributed by atoms with Crippen LogP contribution in [0.15, 0.2) is 0 Å². The fourth-order valence-electron chi connectivity index (χ4n) is 2.73. The number of amides is 2. The first-order valence-electron chi connectivity index (χ1n) is 9.16. The second-order valence-corrected chi connectivity index (χ2v) is 8.52. The Kier molecular flexibility index (Phi) is 7.40. The molecular weight excluding hydrogens is 382 g/mol. The fraction of sp³-hybridized carbons (Fsp3) is 0.579. The van der Waals surface area contributed by atoms with Crippen molar-refractivity contribution in [3.8, 4) is 6.07 Å². The van der Waals surface area contributed by atoms with Gasteiger partial charge in [0.05, 0.1) is 12.0 Å². The maximum absolute atomic E-state index is 12.1. The van der Waals surface area contributed by atoms with Crippen LogP contribution in [-0.2, 0) is 31.9 Å². The summed E-state index contributed by atoms with van der Waals surface area (Å²) in [4.78, 5) is 36.4. The molecule has 9 heteroatoms. The molecule has 2 rings (SSSR count). The highest BCUT2D eigenvalue weighted by Gasteiger charge is 2.22. The van der Waals surface area contributed by atoms with E-state index in [0.29, 0.717) is 10.6 Å². The number of thiophene rings is 1. The number of nitrogens with zero attached hydrogens (tertiary/aromatic N) is 1. The van der Waals surface area contributed by atoms with E-state index in [1.807, 2.05) is 0 Å². The normalized spacial score (nSPS) is 13.1. The van der Waals surface area contributed by atoms with Crippen molar-refractivity contribution in [3.05, 3.63) is 16.0 Å². The molecule has 2 amide bonds. The van der Waals surface area contributed by atoms with Crippen molar-refractivity contribution in [1.82, 2.24) is 5.32 Å². The Balaban J connectivity index is 1.74. The van der Waals surface area contributed by atoms with Crippen LogP contribution >= 0.6 is 11.3 Å². The van der Waals surface area contributed by atoms with Crippen LogP contribution < -0.4 is 10.6 Å². The quantitative estimate of drug-likeness (QED) is 0.700. The molecule has 0 fully saturated rings. The predicted molar refractivity (Wildman–Crippen MR) is 104 cm³/mol. The van der Waals surface area contributed by atoms with E-state index < -0.39 is 30.2 Å². The average molecular weight is 407 g/mol. The van der Waals surface area contributed by atoms with Crippen molar-refractivity contribution < 1.29 is 23.9 Å². The van der Waals surface area contributed by atoms with Crippen molar-refractivity contribution in [1.29, 1.82) is 5.26 Å². The van der Waals surface area contributed by atoms with Crippen LogP contribution in [0.4, 0.5) is 9.80 Å². The second kappa shape index (κ2) is 9.55. The molecule has 1 aromatic heterocycles. The maximum Gasteiger partial charge on any atom is 0.407 e. The largest absolute Gasteiger partial charge is 0.456 e. The summed E-state index contributed by atoms with van der Waals surface area (Å²) in [7, 11) is 0. The SMILES string of the molecule is CC(C)(C)OC(=O)NCCC(=O)OCC(=O)Nc1sc2c(c1C#N)CCCC2. The second-order valence-electron chi connectivity index (χ2n) is 7.41. The molecule has 0 saturated heterocycles. The lowest BCUT2D eigenvalue weighted by Crippen LogP contribution is -2.34. The van der Waals surface area contributed by atoms with E-state index in [2.05, 4.69) is 16.7 Å². The lowest BCUT2D eigenvalue weighted by molar-refractivity contribution is -0.147. The first-order valence-corrected chi connectivity index (χ1v) is 9.98. The Bertz CT molecular complexity index is 789. The Morgan fingerprint density at radius 2 is 1.93 bits per heavy atom. The Labute approximate surface area is 168 Å². The molecule has 152 valence electrons. The molecule has 0 atom stereocenters. The summed E-state index contributed by atoms with van der Waals surface area (Å²) in [6.07, 6.45) is 3.20. The minimum absolute atomic E-state index is 0.0472. The molecule has 28 heavy (non-hydrogen) atoms. The number of carbonyl (C=O) groups is 3. The molecule has 1 heterocycles. The zero-order valence-corrected chi connectivity index (χ0v) is 17.2.